The van der Waals surface area contributed by atoms with E-state index >= 15 is 0 Å². The number of hydrogen-bond donors (Lipinski definition) is 1. The minimum atomic E-state index is -0.734. The normalized spacial score (nSPS) is 14.7. The zero-order chi connectivity index (χ0) is 11.5. The van der Waals surface area contributed by atoms with Gasteiger partial charge in [0.15, 0.2) is 5.78 Å². The molecule has 1 unspecified atom stereocenters. The molecule has 0 aliphatic heterocycles. The average Bonchev–Trinajstić information content (AvgIpc) is 2.16. The van der Waals surface area contributed by atoms with E-state index in [-0.39, 0.29) is 5.78 Å². The van der Waals surface area contributed by atoms with Crippen LogP contribution >= 0.6 is 0 Å². The van der Waals surface area contributed by atoms with Crippen LogP contribution in [0.1, 0.15) is 42.6 Å². The molecule has 0 aromatic heterocycles. The topological polar surface area (TPSA) is 43.1 Å². The second kappa shape index (κ2) is 4.58. The smallest absolute Gasteiger partial charge is 0.182 e. The van der Waals surface area contributed by atoms with E-state index in [1.807, 2.05) is 38.1 Å². The maximum atomic E-state index is 12.1. The molecule has 0 fully saturated rings. The Labute approximate surface area is 91.5 Å². The molecule has 2 nitrogen and oxygen atoms in total. The van der Waals surface area contributed by atoms with Crippen molar-refractivity contribution in [2.45, 2.75) is 39.2 Å². The largest absolute Gasteiger partial charge is 0.319 e. The summed E-state index contributed by atoms with van der Waals surface area (Å²) in [5.74, 6) is 0.0352. The maximum absolute atomic E-state index is 12.1. The van der Waals surface area contributed by atoms with Gasteiger partial charge in [-0.05, 0) is 26.3 Å². The van der Waals surface area contributed by atoms with Crippen molar-refractivity contribution in [2.24, 2.45) is 5.73 Å². The molecule has 1 aromatic rings. The molecule has 15 heavy (non-hydrogen) atoms. The number of aryl methyl sites for hydroxylation is 1. The highest BCUT2D eigenvalue weighted by molar-refractivity contribution is 6.02. The van der Waals surface area contributed by atoms with Gasteiger partial charge in [0.25, 0.3) is 0 Å². The number of ketones is 1. The number of Topliss-reactive ketones (excluding diaryl/α,β-unsaturated/α-hetero) is 1. The molecular weight excluding hydrogens is 186 g/mol. The third-order valence-electron chi connectivity index (χ3n) is 2.57. The summed E-state index contributed by atoms with van der Waals surface area (Å²) in [5, 5.41) is 0. The van der Waals surface area contributed by atoms with Crippen LogP contribution in [0.25, 0.3) is 0 Å². The van der Waals surface area contributed by atoms with Crippen LogP contribution in [0, 0.1) is 6.92 Å². The Kier molecular flexibility index (Phi) is 3.64. The Hall–Kier alpha value is -1.15. The zero-order valence-electron chi connectivity index (χ0n) is 9.71. The molecule has 0 heterocycles. The number of hydrogen-bond acceptors (Lipinski definition) is 2. The van der Waals surface area contributed by atoms with Crippen molar-refractivity contribution < 1.29 is 4.79 Å². The first-order valence-corrected chi connectivity index (χ1v) is 5.37. The standard InChI is InChI=1S/C13H19NO/c1-4-8-13(3,14)12(15)11-7-5-6-10(2)9-11/h5-7,9H,4,8,14H2,1-3H3. The Morgan fingerprint density at radius 1 is 1.47 bits per heavy atom. The minimum Gasteiger partial charge on any atom is -0.319 e. The maximum Gasteiger partial charge on any atom is 0.182 e. The molecular formula is C13H19NO. The number of benzene rings is 1. The minimum absolute atomic E-state index is 0.0352. The van der Waals surface area contributed by atoms with Gasteiger partial charge in [-0.2, -0.15) is 0 Å². The summed E-state index contributed by atoms with van der Waals surface area (Å²) in [6.07, 6.45) is 1.64. The molecule has 0 spiro atoms. The molecule has 0 aliphatic carbocycles. The summed E-state index contributed by atoms with van der Waals surface area (Å²) in [7, 11) is 0. The predicted molar refractivity (Wildman–Crippen MR) is 63.0 cm³/mol. The van der Waals surface area contributed by atoms with Crippen molar-refractivity contribution in [3.05, 3.63) is 35.4 Å². The fraction of sp³-hybridized carbons (Fsp3) is 0.462. The van der Waals surface area contributed by atoms with Gasteiger partial charge in [-0.25, -0.2) is 0 Å². The van der Waals surface area contributed by atoms with Crippen molar-refractivity contribution >= 4 is 5.78 Å². The van der Waals surface area contributed by atoms with Gasteiger partial charge in [-0.1, -0.05) is 37.1 Å². The van der Waals surface area contributed by atoms with E-state index in [1.54, 1.807) is 6.92 Å². The average molecular weight is 205 g/mol. The van der Waals surface area contributed by atoms with Gasteiger partial charge in [0.2, 0.25) is 0 Å². The molecule has 1 aromatic carbocycles. The van der Waals surface area contributed by atoms with E-state index in [0.717, 1.165) is 18.4 Å². The lowest BCUT2D eigenvalue weighted by Gasteiger charge is -2.22. The molecule has 0 saturated carbocycles. The number of carbonyl (C=O) groups excluding carboxylic acids is 1. The third kappa shape index (κ3) is 2.90. The fourth-order valence-corrected chi connectivity index (χ4v) is 1.75. The van der Waals surface area contributed by atoms with E-state index in [4.69, 9.17) is 5.73 Å². The van der Waals surface area contributed by atoms with Crippen LogP contribution in [0.2, 0.25) is 0 Å². The van der Waals surface area contributed by atoms with Crippen LogP contribution in [0.3, 0.4) is 0 Å². The lowest BCUT2D eigenvalue weighted by molar-refractivity contribution is 0.0893. The van der Waals surface area contributed by atoms with Gasteiger partial charge in [-0.3, -0.25) is 4.79 Å². The summed E-state index contributed by atoms with van der Waals surface area (Å²) >= 11 is 0. The Bertz CT molecular complexity index is 355. The predicted octanol–water partition coefficient (Wildman–Crippen LogP) is 2.70. The van der Waals surface area contributed by atoms with Crippen LogP contribution in [-0.4, -0.2) is 11.3 Å². The molecule has 1 atom stereocenters. The lowest BCUT2D eigenvalue weighted by Crippen LogP contribution is -2.44. The Balaban J connectivity index is 2.94. The number of carbonyl (C=O) groups is 1. The molecule has 0 saturated heterocycles. The summed E-state index contributed by atoms with van der Waals surface area (Å²) in [6, 6.07) is 7.59. The Morgan fingerprint density at radius 2 is 2.13 bits per heavy atom. The van der Waals surface area contributed by atoms with Gasteiger partial charge >= 0.3 is 0 Å². The molecule has 0 bridgehead atoms. The fourth-order valence-electron chi connectivity index (χ4n) is 1.75. The Morgan fingerprint density at radius 3 is 2.67 bits per heavy atom. The van der Waals surface area contributed by atoms with Gasteiger partial charge in [0.05, 0.1) is 5.54 Å². The first-order valence-electron chi connectivity index (χ1n) is 5.37. The number of rotatable bonds is 4. The molecule has 2 heteroatoms. The SMILES string of the molecule is CCCC(C)(N)C(=O)c1cccc(C)c1. The molecule has 1 rings (SSSR count). The monoisotopic (exact) mass is 205 g/mol. The second-order valence-corrected chi connectivity index (χ2v) is 4.37. The number of nitrogens with two attached hydrogens (primary N) is 1. The van der Waals surface area contributed by atoms with E-state index < -0.39 is 5.54 Å². The summed E-state index contributed by atoms with van der Waals surface area (Å²) in [4.78, 5) is 12.1. The van der Waals surface area contributed by atoms with E-state index in [2.05, 4.69) is 0 Å². The lowest BCUT2D eigenvalue weighted by atomic mass is 9.88. The summed E-state index contributed by atoms with van der Waals surface area (Å²) in [5.41, 5.74) is 7.08. The third-order valence-corrected chi connectivity index (χ3v) is 2.57. The van der Waals surface area contributed by atoms with E-state index in [9.17, 15) is 4.79 Å². The van der Waals surface area contributed by atoms with Crippen molar-refractivity contribution in [1.29, 1.82) is 0 Å². The molecule has 0 amide bonds. The molecule has 82 valence electrons. The van der Waals surface area contributed by atoms with Crippen molar-refractivity contribution in [3.8, 4) is 0 Å². The molecule has 0 aliphatic rings. The van der Waals surface area contributed by atoms with Gasteiger partial charge in [0.1, 0.15) is 0 Å². The van der Waals surface area contributed by atoms with E-state index in [1.165, 1.54) is 0 Å². The summed E-state index contributed by atoms with van der Waals surface area (Å²) in [6.45, 7) is 5.82. The zero-order valence-corrected chi connectivity index (χ0v) is 9.71. The van der Waals surface area contributed by atoms with Crippen LogP contribution in [0.4, 0.5) is 0 Å². The highest BCUT2D eigenvalue weighted by atomic mass is 16.1. The van der Waals surface area contributed by atoms with Crippen LogP contribution < -0.4 is 5.73 Å². The molecule has 0 radical (unpaired) electrons. The van der Waals surface area contributed by atoms with Gasteiger partial charge < -0.3 is 5.73 Å². The van der Waals surface area contributed by atoms with Crippen molar-refractivity contribution in [3.63, 3.8) is 0 Å². The second-order valence-electron chi connectivity index (χ2n) is 4.37. The van der Waals surface area contributed by atoms with Crippen LogP contribution in [0.5, 0.6) is 0 Å². The van der Waals surface area contributed by atoms with Crippen LogP contribution in [-0.2, 0) is 0 Å². The van der Waals surface area contributed by atoms with E-state index in [0.29, 0.717) is 5.56 Å². The summed E-state index contributed by atoms with van der Waals surface area (Å²) < 4.78 is 0. The van der Waals surface area contributed by atoms with Crippen LogP contribution in [0.15, 0.2) is 24.3 Å². The quantitative estimate of drug-likeness (QED) is 0.768. The van der Waals surface area contributed by atoms with Crippen molar-refractivity contribution in [1.82, 2.24) is 0 Å². The van der Waals surface area contributed by atoms with Gasteiger partial charge in [-0.15, -0.1) is 0 Å². The highest BCUT2D eigenvalue weighted by Gasteiger charge is 2.27. The van der Waals surface area contributed by atoms with Gasteiger partial charge in [0, 0.05) is 5.56 Å². The highest BCUT2D eigenvalue weighted by Crippen LogP contribution is 2.17. The first-order chi connectivity index (χ1) is 6.97. The first kappa shape index (κ1) is 11.9. The molecule has 2 N–H and O–H groups in total. The van der Waals surface area contributed by atoms with Crippen molar-refractivity contribution in [2.75, 3.05) is 0 Å².